The van der Waals surface area contributed by atoms with E-state index in [0.29, 0.717) is 12.8 Å². The number of rotatable bonds is 46. The van der Waals surface area contributed by atoms with Crippen molar-refractivity contribution in [1.82, 2.24) is 5.32 Å². The number of aliphatic hydroxyl groups excluding tert-OH is 6. The van der Waals surface area contributed by atoms with Crippen molar-refractivity contribution in [2.24, 2.45) is 0 Å². The molecule has 9 nitrogen and oxygen atoms in total. The molecule has 0 bridgehead atoms. The Hall–Kier alpha value is -1.07. The van der Waals surface area contributed by atoms with Crippen molar-refractivity contribution in [1.29, 1.82) is 0 Å². The van der Waals surface area contributed by atoms with Crippen molar-refractivity contribution in [3.63, 3.8) is 0 Å². The van der Waals surface area contributed by atoms with Crippen LogP contribution < -0.4 is 5.32 Å². The van der Waals surface area contributed by atoms with Crippen LogP contribution in [-0.4, -0.2) is 91.9 Å². The molecule has 374 valence electrons. The first-order valence-electron chi connectivity index (χ1n) is 27.4. The van der Waals surface area contributed by atoms with Crippen molar-refractivity contribution in [2.45, 2.75) is 319 Å². The summed E-state index contributed by atoms with van der Waals surface area (Å²) in [5.41, 5.74) is 0. The highest BCUT2D eigenvalue weighted by molar-refractivity contribution is 5.76. The summed E-state index contributed by atoms with van der Waals surface area (Å²) in [6.07, 6.45) is 43.7. The van der Waals surface area contributed by atoms with E-state index in [2.05, 4.69) is 19.2 Å². The molecule has 9 heteroatoms. The Morgan fingerprint density at radius 1 is 0.492 bits per heavy atom. The van der Waals surface area contributed by atoms with Gasteiger partial charge in [-0.2, -0.15) is 0 Å². The number of carbonyl (C=O) groups excluding carboxylic acids is 1. The molecule has 0 radical (unpaired) electrons. The Bertz CT molecular complexity index is 1010. The average molecular weight is 896 g/mol. The molecule has 8 atom stereocenters. The molecule has 0 saturated carbocycles. The van der Waals surface area contributed by atoms with Gasteiger partial charge < -0.3 is 40.7 Å². The lowest BCUT2D eigenvalue weighted by Gasteiger charge is -2.39. The number of nitrogens with one attached hydrogen (secondary N) is 1. The van der Waals surface area contributed by atoms with Gasteiger partial charge in [0.25, 0.3) is 0 Å². The number of unbranched alkanes of at least 4 members (excludes halogenated alkanes) is 36. The predicted octanol–water partition coefficient (Wildman–Crippen LogP) is 12.2. The summed E-state index contributed by atoms with van der Waals surface area (Å²) in [5.74, 6) is -0.223. The van der Waals surface area contributed by atoms with E-state index >= 15 is 0 Å². The number of ether oxygens (including phenoxy) is 1. The van der Waals surface area contributed by atoms with Gasteiger partial charge in [-0.1, -0.05) is 264 Å². The number of aliphatic hydroxyl groups is 6. The molecule has 1 rings (SSSR count). The van der Waals surface area contributed by atoms with Gasteiger partial charge in [-0.3, -0.25) is 4.79 Å². The van der Waals surface area contributed by atoms with Crippen LogP contribution in [0.25, 0.3) is 0 Å². The van der Waals surface area contributed by atoms with Crippen molar-refractivity contribution in [3.05, 3.63) is 12.2 Å². The molecule has 1 fully saturated rings. The SMILES string of the molecule is CCCCCCCCCCCCCCCCCCCCCCCCCCCCC(=O)N[C@@H](/C=C/[C@H]1OC(CO)C(O)C(O)[C@@H]1O)[C@H](O)[C@H](O)CCCCCCCCCCCCCC. The van der Waals surface area contributed by atoms with E-state index in [4.69, 9.17) is 4.74 Å². The summed E-state index contributed by atoms with van der Waals surface area (Å²) in [5, 5.41) is 65.6. The van der Waals surface area contributed by atoms with Crippen molar-refractivity contribution < 1.29 is 40.2 Å². The Balaban J connectivity index is 2.23. The van der Waals surface area contributed by atoms with Gasteiger partial charge in [-0.25, -0.2) is 0 Å². The summed E-state index contributed by atoms with van der Waals surface area (Å²) in [4.78, 5) is 13.1. The summed E-state index contributed by atoms with van der Waals surface area (Å²) in [6, 6.07) is -0.943. The third kappa shape index (κ3) is 33.1. The molecule has 1 heterocycles. The Morgan fingerprint density at radius 3 is 1.17 bits per heavy atom. The number of amides is 1. The van der Waals surface area contributed by atoms with Crippen molar-refractivity contribution >= 4 is 5.91 Å². The first kappa shape index (κ1) is 59.9. The molecule has 0 aromatic heterocycles. The van der Waals surface area contributed by atoms with E-state index in [1.165, 1.54) is 218 Å². The topological polar surface area (TPSA) is 160 Å². The first-order chi connectivity index (χ1) is 30.8. The van der Waals surface area contributed by atoms with E-state index in [0.717, 1.165) is 38.5 Å². The number of hydrogen-bond acceptors (Lipinski definition) is 8. The van der Waals surface area contributed by atoms with E-state index < -0.39 is 55.4 Å². The molecule has 63 heavy (non-hydrogen) atoms. The highest BCUT2D eigenvalue weighted by Gasteiger charge is 2.42. The van der Waals surface area contributed by atoms with E-state index in [1.54, 1.807) is 0 Å². The fourth-order valence-corrected chi connectivity index (χ4v) is 9.23. The fourth-order valence-electron chi connectivity index (χ4n) is 9.23. The predicted molar refractivity (Wildman–Crippen MR) is 263 cm³/mol. The van der Waals surface area contributed by atoms with Crippen LogP contribution in [0.15, 0.2) is 12.2 Å². The maximum atomic E-state index is 13.1. The van der Waals surface area contributed by atoms with Crippen molar-refractivity contribution in [2.75, 3.05) is 6.61 Å². The molecule has 0 aromatic carbocycles. The Labute approximate surface area is 388 Å². The van der Waals surface area contributed by atoms with Gasteiger partial charge in [0.15, 0.2) is 0 Å². The maximum Gasteiger partial charge on any atom is 0.220 e. The smallest absolute Gasteiger partial charge is 0.220 e. The summed E-state index contributed by atoms with van der Waals surface area (Å²) in [6.45, 7) is 3.99. The largest absolute Gasteiger partial charge is 0.394 e. The summed E-state index contributed by atoms with van der Waals surface area (Å²) in [7, 11) is 0. The zero-order valence-electron chi connectivity index (χ0n) is 41.3. The molecule has 1 aliphatic rings. The van der Waals surface area contributed by atoms with Crippen LogP contribution >= 0.6 is 0 Å². The first-order valence-corrected chi connectivity index (χ1v) is 27.4. The second kappa shape index (κ2) is 43.5. The van der Waals surface area contributed by atoms with Gasteiger partial charge in [-0.15, -0.1) is 0 Å². The molecule has 1 amide bonds. The second-order valence-corrected chi connectivity index (χ2v) is 19.6. The molecular weight excluding hydrogens is 791 g/mol. The van der Waals surface area contributed by atoms with Crippen molar-refractivity contribution in [3.8, 4) is 0 Å². The Kier molecular flexibility index (Phi) is 41.4. The molecule has 1 saturated heterocycles. The summed E-state index contributed by atoms with van der Waals surface area (Å²) < 4.78 is 5.61. The average Bonchev–Trinajstić information content (AvgIpc) is 3.28. The lowest BCUT2D eigenvalue weighted by atomic mass is 9.93. The zero-order chi connectivity index (χ0) is 46.0. The van der Waals surface area contributed by atoms with E-state index in [-0.39, 0.29) is 5.91 Å². The highest BCUT2D eigenvalue weighted by atomic mass is 16.5. The molecule has 3 unspecified atom stereocenters. The normalized spacial score (nSPS) is 20.7. The zero-order valence-corrected chi connectivity index (χ0v) is 41.3. The fraction of sp³-hybridized carbons (Fsp3) is 0.944. The van der Waals surface area contributed by atoms with Gasteiger partial charge in [0, 0.05) is 6.42 Å². The van der Waals surface area contributed by atoms with Crippen LogP contribution in [0.5, 0.6) is 0 Å². The molecule has 7 N–H and O–H groups in total. The lowest BCUT2D eigenvalue weighted by Crippen LogP contribution is -2.58. The van der Waals surface area contributed by atoms with Crippen LogP contribution in [0.1, 0.15) is 271 Å². The standard InChI is InChI=1S/C54H105NO8/c1-3-5-7-9-11-13-15-17-18-19-20-21-22-23-24-25-26-27-28-29-30-32-34-36-38-40-42-50(58)55-46(43-44-48-52(60)54(62)53(61)49(45-56)63-48)51(59)47(57)41-39-37-35-33-31-16-14-12-10-8-6-4-2/h43-44,46-49,51-54,56-57,59-62H,3-42,45H2,1-2H3,(H,55,58)/b44-43+/t46-,47+,48+,49?,51-,52+,53?,54?/m0/s1. The van der Waals surface area contributed by atoms with Gasteiger partial charge >= 0.3 is 0 Å². The van der Waals surface area contributed by atoms with Gasteiger partial charge in [-0.05, 0) is 12.8 Å². The Morgan fingerprint density at radius 2 is 0.825 bits per heavy atom. The van der Waals surface area contributed by atoms with Gasteiger partial charge in [0.2, 0.25) is 5.91 Å². The quantitative estimate of drug-likeness (QED) is 0.0235. The molecule has 0 aliphatic carbocycles. The van der Waals surface area contributed by atoms with Crippen LogP contribution in [0.2, 0.25) is 0 Å². The third-order valence-corrected chi connectivity index (χ3v) is 13.6. The number of carbonyl (C=O) groups is 1. The van der Waals surface area contributed by atoms with Gasteiger partial charge in [0.1, 0.15) is 36.6 Å². The minimum atomic E-state index is -1.53. The van der Waals surface area contributed by atoms with E-state index in [9.17, 15) is 35.4 Å². The third-order valence-electron chi connectivity index (χ3n) is 13.6. The minimum Gasteiger partial charge on any atom is -0.394 e. The maximum absolute atomic E-state index is 13.1. The van der Waals surface area contributed by atoms with Crippen LogP contribution in [0, 0.1) is 0 Å². The monoisotopic (exact) mass is 896 g/mol. The lowest BCUT2D eigenvalue weighted by molar-refractivity contribution is -0.216. The number of hydrogen-bond donors (Lipinski definition) is 7. The minimum absolute atomic E-state index is 0.223. The van der Waals surface area contributed by atoms with Crippen LogP contribution in [0.4, 0.5) is 0 Å². The molecule has 1 aliphatic heterocycles. The highest BCUT2D eigenvalue weighted by Crippen LogP contribution is 2.23. The van der Waals surface area contributed by atoms with Gasteiger partial charge in [0.05, 0.1) is 18.8 Å². The molecule has 0 spiro atoms. The molecule has 0 aromatic rings. The van der Waals surface area contributed by atoms with E-state index in [1.807, 2.05) is 0 Å². The molecular formula is C54H105NO8. The van der Waals surface area contributed by atoms with Crippen LogP contribution in [-0.2, 0) is 9.53 Å². The van der Waals surface area contributed by atoms with Crippen LogP contribution in [0.3, 0.4) is 0 Å². The summed E-state index contributed by atoms with van der Waals surface area (Å²) >= 11 is 0. The second-order valence-electron chi connectivity index (χ2n) is 19.6.